The number of carbonyl (C=O) groups is 3. The maximum absolute atomic E-state index is 13.3. The number of hydrogen-bond donors (Lipinski definition) is 2. The summed E-state index contributed by atoms with van der Waals surface area (Å²) in [7, 11) is 2.91. The zero-order chi connectivity index (χ0) is 26.0. The van der Waals surface area contributed by atoms with Gasteiger partial charge in [-0.3, -0.25) is 19.3 Å². The van der Waals surface area contributed by atoms with Crippen molar-refractivity contribution in [3.05, 3.63) is 94.0 Å². The van der Waals surface area contributed by atoms with Gasteiger partial charge in [-0.1, -0.05) is 35.9 Å². The average molecular weight is 508 g/mol. The number of aliphatic hydroxyl groups excluding tert-OH is 1. The molecule has 3 aromatic rings. The smallest absolute Gasteiger partial charge is 0.307 e. The summed E-state index contributed by atoms with van der Waals surface area (Å²) in [5.74, 6) is -2.41. The van der Waals surface area contributed by atoms with Crippen LogP contribution in [0.25, 0.3) is 5.76 Å². The summed E-state index contributed by atoms with van der Waals surface area (Å²) < 4.78 is 10.7. The number of nitrogens with zero attached hydrogens (tertiary/aromatic N) is 1. The predicted molar refractivity (Wildman–Crippen MR) is 134 cm³/mol. The molecule has 0 aromatic heterocycles. The van der Waals surface area contributed by atoms with E-state index in [1.54, 1.807) is 60.7 Å². The molecule has 0 aliphatic carbocycles. The molecule has 9 heteroatoms. The first-order valence-corrected chi connectivity index (χ1v) is 11.2. The van der Waals surface area contributed by atoms with Gasteiger partial charge >= 0.3 is 5.97 Å². The zero-order valence-electron chi connectivity index (χ0n) is 19.4. The molecule has 0 spiro atoms. The highest BCUT2D eigenvalue weighted by Gasteiger charge is 2.47. The SMILES string of the molecule is COc1cccc(C2/C(=C(\O)c3cc(Cl)ccc3OC)C(=O)C(=O)N2c2ccc(CC(=O)O)cc2)c1. The van der Waals surface area contributed by atoms with Crippen molar-refractivity contribution in [3.63, 3.8) is 0 Å². The van der Waals surface area contributed by atoms with Crippen LogP contribution in [0.1, 0.15) is 22.7 Å². The van der Waals surface area contributed by atoms with Gasteiger partial charge in [0.15, 0.2) is 0 Å². The molecule has 1 aliphatic rings. The lowest BCUT2D eigenvalue weighted by atomic mass is 9.94. The summed E-state index contributed by atoms with van der Waals surface area (Å²) >= 11 is 6.15. The van der Waals surface area contributed by atoms with E-state index < -0.39 is 29.5 Å². The Morgan fingerprint density at radius 2 is 1.69 bits per heavy atom. The number of aliphatic hydroxyl groups is 1. The van der Waals surface area contributed by atoms with E-state index in [1.165, 1.54) is 25.2 Å². The molecule has 1 unspecified atom stereocenters. The quantitative estimate of drug-likeness (QED) is 0.273. The molecule has 2 N–H and O–H groups in total. The van der Waals surface area contributed by atoms with Crippen LogP contribution in [0.4, 0.5) is 5.69 Å². The maximum Gasteiger partial charge on any atom is 0.307 e. The van der Waals surface area contributed by atoms with Crippen LogP contribution < -0.4 is 14.4 Å². The van der Waals surface area contributed by atoms with Crippen LogP contribution in [-0.2, 0) is 20.8 Å². The van der Waals surface area contributed by atoms with E-state index in [0.717, 1.165) is 0 Å². The fourth-order valence-corrected chi connectivity index (χ4v) is 4.36. The fourth-order valence-electron chi connectivity index (χ4n) is 4.19. The number of benzene rings is 3. The molecular formula is C27H22ClNO7. The molecule has 3 aromatic carbocycles. The number of carbonyl (C=O) groups excluding carboxylic acids is 2. The normalized spacial score (nSPS) is 16.8. The van der Waals surface area contributed by atoms with Crippen molar-refractivity contribution in [1.82, 2.24) is 0 Å². The maximum atomic E-state index is 13.3. The summed E-state index contributed by atoms with van der Waals surface area (Å²) in [6, 6.07) is 16.7. The highest BCUT2D eigenvalue weighted by atomic mass is 35.5. The van der Waals surface area contributed by atoms with E-state index in [-0.39, 0.29) is 23.3 Å². The van der Waals surface area contributed by atoms with Crippen LogP contribution in [0.5, 0.6) is 11.5 Å². The number of carboxylic acid groups (broad SMARTS) is 1. The minimum Gasteiger partial charge on any atom is -0.507 e. The fraction of sp³-hybridized carbons (Fsp3) is 0.148. The van der Waals surface area contributed by atoms with Gasteiger partial charge in [-0.15, -0.1) is 0 Å². The zero-order valence-corrected chi connectivity index (χ0v) is 20.2. The lowest BCUT2D eigenvalue weighted by Gasteiger charge is -2.26. The molecule has 1 fully saturated rings. The van der Waals surface area contributed by atoms with Crippen LogP contribution in [0.2, 0.25) is 5.02 Å². The van der Waals surface area contributed by atoms with Gasteiger partial charge in [0.1, 0.15) is 17.3 Å². The summed E-state index contributed by atoms with van der Waals surface area (Å²) in [6.07, 6.45) is -0.188. The second-order valence-corrected chi connectivity index (χ2v) is 8.46. The second kappa shape index (κ2) is 10.1. The largest absolute Gasteiger partial charge is 0.507 e. The van der Waals surface area contributed by atoms with Gasteiger partial charge in [-0.2, -0.15) is 0 Å². The Balaban J connectivity index is 1.93. The van der Waals surface area contributed by atoms with Crippen molar-refractivity contribution in [2.45, 2.75) is 12.5 Å². The van der Waals surface area contributed by atoms with Crippen LogP contribution in [0.15, 0.2) is 72.3 Å². The number of carboxylic acids is 1. The number of methoxy groups -OCH3 is 2. The molecule has 1 saturated heterocycles. The molecule has 1 atom stereocenters. The molecule has 1 aliphatic heterocycles. The summed E-state index contributed by atoms with van der Waals surface area (Å²) in [6.45, 7) is 0. The third-order valence-corrected chi connectivity index (χ3v) is 6.08. The number of halogens is 1. The van der Waals surface area contributed by atoms with Crippen molar-refractivity contribution in [3.8, 4) is 11.5 Å². The number of Topliss-reactive ketones (excluding diaryl/α,β-unsaturated/α-hetero) is 1. The number of amides is 1. The minimum absolute atomic E-state index is 0.150. The van der Waals surface area contributed by atoms with Crippen molar-refractivity contribution in [2.24, 2.45) is 0 Å². The summed E-state index contributed by atoms with van der Waals surface area (Å²) in [5.41, 5.74) is 1.42. The molecule has 1 amide bonds. The number of anilines is 1. The second-order valence-electron chi connectivity index (χ2n) is 8.03. The first kappa shape index (κ1) is 24.8. The number of hydrogen-bond acceptors (Lipinski definition) is 6. The molecule has 1 heterocycles. The highest BCUT2D eigenvalue weighted by Crippen LogP contribution is 2.44. The van der Waals surface area contributed by atoms with Crippen molar-refractivity contribution in [2.75, 3.05) is 19.1 Å². The molecular weight excluding hydrogens is 486 g/mol. The highest BCUT2D eigenvalue weighted by molar-refractivity contribution is 6.51. The first-order chi connectivity index (χ1) is 17.2. The lowest BCUT2D eigenvalue weighted by molar-refractivity contribution is -0.136. The van der Waals surface area contributed by atoms with Crippen LogP contribution in [-0.4, -0.2) is 42.1 Å². The van der Waals surface area contributed by atoms with Crippen LogP contribution >= 0.6 is 11.6 Å². The van der Waals surface area contributed by atoms with E-state index in [0.29, 0.717) is 27.6 Å². The third-order valence-electron chi connectivity index (χ3n) is 5.84. The molecule has 0 radical (unpaired) electrons. The monoisotopic (exact) mass is 507 g/mol. The summed E-state index contributed by atoms with van der Waals surface area (Å²) in [4.78, 5) is 39.0. The van der Waals surface area contributed by atoms with Gasteiger partial charge in [0.05, 0.1) is 37.8 Å². The average Bonchev–Trinajstić information content (AvgIpc) is 3.14. The first-order valence-electron chi connectivity index (χ1n) is 10.8. The van der Waals surface area contributed by atoms with Gasteiger partial charge in [0, 0.05) is 10.7 Å². The Morgan fingerprint density at radius 3 is 2.33 bits per heavy atom. The number of rotatable bonds is 7. The van der Waals surface area contributed by atoms with Crippen molar-refractivity contribution in [1.29, 1.82) is 0 Å². The summed E-state index contributed by atoms with van der Waals surface area (Å²) in [5, 5.41) is 20.7. The van der Waals surface area contributed by atoms with Gasteiger partial charge in [0.25, 0.3) is 11.7 Å². The Kier molecular flexibility index (Phi) is 6.98. The minimum atomic E-state index is -1.01. The van der Waals surface area contributed by atoms with Crippen molar-refractivity contribution >= 4 is 40.7 Å². The van der Waals surface area contributed by atoms with E-state index in [1.807, 2.05) is 0 Å². The lowest BCUT2D eigenvalue weighted by Crippen LogP contribution is -2.29. The van der Waals surface area contributed by atoms with Crippen LogP contribution in [0, 0.1) is 0 Å². The Morgan fingerprint density at radius 1 is 0.972 bits per heavy atom. The van der Waals surface area contributed by atoms with E-state index in [2.05, 4.69) is 0 Å². The number of aliphatic carboxylic acids is 1. The van der Waals surface area contributed by atoms with E-state index in [4.69, 9.17) is 26.2 Å². The number of ether oxygens (including phenoxy) is 2. The van der Waals surface area contributed by atoms with Gasteiger partial charge < -0.3 is 19.7 Å². The Hall–Kier alpha value is -4.30. The topological polar surface area (TPSA) is 113 Å². The molecule has 0 bridgehead atoms. The van der Waals surface area contributed by atoms with Gasteiger partial charge in [-0.25, -0.2) is 0 Å². The van der Waals surface area contributed by atoms with E-state index >= 15 is 0 Å². The molecule has 8 nitrogen and oxygen atoms in total. The Bertz CT molecular complexity index is 1380. The third kappa shape index (κ3) is 4.63. The Labute approximate surface area is 211 Å². The van der Waals surface area contributed by atoms with Gasteiger partial charge in [0.2, 0.25) is 0 Å². The molecule has 0 saturated carbocycles. The van der Waals surface area contributed by atoms with Crippen molar-refractivity contribution < 1.29 is 34.1 Å². The van der Waals surface area contributed by atoms with Gasteiger partial charge in [-0.05, 0) is 53.6 Å². The van der Waals surface area contributed by atoms with Crippen LogP contribution in [0.3, 0.4) is 0 Å². The standard InChI is InChI=1S/C27H22ClNO7/c1-35-19-5-3-4-16(13-19)24-23(25(32)20-14-17(28)8-11-21(20)36-2)26(33)27(34)29(24)18-9-6-15(7-10-18)12-22(30)31/h3-11,13-14,24,32H,12H2,1-2H3,(H,30,31)/b25-23+. The predicted octanol–water partition coefficient (Wildman–Crippen LogP) is 4.61. The molecule has 36 heavy (non-hydrogen) atoms. The van der Waals surface area contributed by atoms with E-state index in [9.17, 15) is 19.5 Å². The number of ketones is 1. The molecule has 184 valence electrons. The molecule has 4 rings (SSSR count).